The lowest BCUT2D eigenvalue weighted by atomic mass is 9.93. The number of amides is 1. The van der Waals surface area contributed by atoms with Gasteiger partial charge in [0.2, 0.25) is 5.91 Å². The molecule has 0 radical (unpaired) electrons. The fraction of sp³-hybridized carbons (Fsp3) is 0.917. The van der Waals surface area contributed by atoms with Gasteiger partial charge in [0.25, 0.3) is 0 Å². The van der Waals surface area contributed by atoms with Crippen molar-refractivity contribution in [2.75, 3.05) is 19.7 Å². The third-order valence-corrected chi connectivity index (χ3v) is 3.68. The van der Waals surface area contributed by atoms with Crippen LogP contribution in [0.5, 0.6) is 0 Å². The van der Waals surface area contributed by atoms with Gasteiger partial charge in [0, 0.05) is 19.7 Å². The molecule has 0 aliphatic carbocycles. The number of rotatable bonds is 1. The van der Waals surface area contributed by atoms with Crippen molar-refractivity contribution < 1.29 is 14.6 Å². The molecule has 2 fully saturated rings. The van der Waals surface area contributed by atoms with Crippen molar-refractivity contribution in [2.45, 2.75) is 44.8 Å². The molecule has 4 heteroatoms. The molecular formula is C12H21NO3. The van der Waals surface area contributed by atoms with E-state index in [-0.39, 0.29) is 17.9 Å². The van der Waals surface area contributed by atoms with E-state index in [0.29, 0.717) is 13.2 Å². The standard InChI is InChI=1S/C12H21NO3/c1-9-10(4-7-16-9)11(14)13-6-3-5-12(2,15)8-13/h9-10,15H,3-8H2,1-2H3. The summed E-state index contributed by atoms with van der Waals surface area (Å²) in [4.78, 5) is 14.0. The highest BCUT2D eigenvalue weighted by atomic mass is 16.5. The summed E-state index contributed by atoms with van der Waals surface area (Å²) in [5.74, 6) is 0.152. The first-order valence-corrected chi connectivity index (χ1v) is 6.12. The maximum absolute atomic E-state index is 12.2. The highest BCUT2D eigenvalue weighted by Gasteiger charge is 2.37. The summed E-state index contributed by atoms with van der Waals surface area (Å²) >= 11 is 0. The normalized spacial score (nSPS) is 40.1. The van der Waals surface area contributed by atoms with Gasteiger partial charge in [-0.15, -0.1) is 0 Å². The first-order chi connectivity index (χ1) is 7.49. The lowest BCUT2D eigenvalue weighted by Crippen LogP contribution is -2.51. The molecule has 0 aromatic rings. The average Bonchev–Trinajstić information content (AvgIpc) is 2.62. The summed E-state index contributed by atoms with van der Waals surface area (Å²) in [5.41, 5.74) is -0.712. The monoisotopic (exact) mass is 227 g/mol. The predicted octanol–water partition coefficient (Wildman–Crippen LogP) is 0.785. The van der Waals surface area contributed by atoms with Crippen molar-refractivity contribution >= 4 is 5.91 Å². The highest BCUT2D eigenvalue weighted by molar-refractivity contribution is 5.79. The summed E-state index contributed by atoms with van der Waals surface area (Å²) in [6.45, 7) is 5.69. The van der Waals surface area contributed by atoms with Gasteiger partial charge in [-0.25, -0.2) is 0 Å². The molecule has 92 valence electrons. The number of carbonyl (C=O) groups is 1. The number of hydrogen-bond donors (Lipinski definition) is 1. The Morgan fingerprint density at radius 2 is 2.31 bits per heavy atom. The van der Waals surface area contributed by atoms with Crippen LogP contribution in [0.25, 0.3) is 0 Å². The number of β-amino-alcohol motifs (C(OH)–C–C–N with tert-alkyl or cyclic N) is 1. The van der Waals surface area contributed by atoms with Crippen LogP contribution in [0.4, 0.5) is 0 Å². The summed E-state index contributed by atoms with van der Waals surface area (Å²) in [7, 11) is 0. The van der Waals surface area contributed by atoms with Crippen LogP contribution in [0.3, 0.4) is 0 Å². The van der Waals surface area contributed by atoms with Gasteiger partial charge in [0.05, 0.1) is 17.6 Å². The molecule has 16 heavy (non-hydrogen) atoms. The van der Waals surface area contributed by atoms with Gasteiger partial charge in [0.1, 0.15) is 0 Å². The number of likely N-dealkylation sites (tertiary alicyclic amines) is 1. The maximum atomic E-state index is 12.2. The highest BCUT2D eigenvalue weighted by Crippen LogP contribution is 2.26. The molecule has 2 aliphatic rings. The predicted molar refractivity (Wildman–Crippen MR) is 60.0 cm³/mol. The van der Waals surface area contributed by atoms with Gasteiger partial charge in [-0.1, -0.05) is 0 Å². The van der Waals surface area contributed by atoms with Crippen LogP contribution < -0.4 is 0 Å². The molecular weight excluding hydrogens is 206 g/mol. The van der Waals surface area contributed by atoms with Gasteiger partial charge < -0.3 is 14.7 Å². The Kier molecular flexibility index (Phi) is 3.22. The molecule has 0 bridgehead atoms. The van der Waals surface area contributed by atoms with E-state index in [9.17, 15) is 9.90 Å². The minimum atomic E-state index is -0.712. The van der Waals surface area contributed by atoms with E-state index in [1.54, 1.807) is 11.8 Å². The Balaban J connectivity index is 1.99. The quantitative estimate of drug-likeness (QED) is 0.720. The zero-order chi connectivity index (χ0) is 11.8. The maximum Gasteiger partial charge on any atom is 0.228 e. The molecule has 0 aromatic heterocycles. The lowest BCUT2D eigenvalue weighted by molar-refractivity contribution is -0.143. The summed E-state index contributed by atoms with van der Waals surface area (Å²) in [6, 6.07) is 0. The third kappa shape index (κ3) is 2.38. The van der Waals surface area contributed by atoms with Gasteiger partial charge in [0.15, 0.2) is 0 Å². The molecule has 4 nitrogen and oxygen atoms in total. The van der Waals surface area contributed by atoms with E-state index in [1.807, 2.05) is 6.92 Å². The second kappa shape index (κ2) is 4.34. The van der Waals surface area contributed by atoms with E-state index >= 15 is 0 Å². The van der Waals surface area contributed by atoms with Crippen LogP contribution in [0.15, 0.2) is 0 Å². The molecule has 0 spiro atoms. The number of ether oxygens (including phenoxy) is 1. The lowest BCUT2D eigenvalue weighted by Gasteiger charge is -2.38. The smallest absolute Gasteiger partial charge is 0.228 e. The number of hydrogen-bond acceptors (Lipinski definition) is 3. The van der Waals surface area contributed by atoms with Crippen LogP contribution in [-0.2, 0) is 9.53 Å². The Labute approximate surface area is 96.6 Å². The number of carbonyl (C=O) groups excluding carboxylic acids is 1. The van der Waals surface area contributed by atoms with Gasteiger partial charge in [-0.2, -0.15) is 0 Å². The molecule has 2 rings (SSSR count). The van der Waals surface area contributed by atoms with Crippen molar-refractivity contribution in [3.8, 4) is 0 Å². The van der Waals surface area contributed by atoms with E-state index in [0.717, 1.165) is 25.8 Å². The van der Waals surface area contributed by atoms with Crippen molar-refractivity contribution in [1.82, 2.24) is 4.90 Å². The molecule has 1 amide bonds. The number of nitrogens with zero attached hydrogens (tertiary/aromatic N) is 1. The first kappa shape index (κ1) is 11.9. The van der Waals surface area contributed by atoms with Gasteiger partial charge in [-0.05, 0) is 33.1 Å². The van der Waals surface area contributed by atoms with Crippen LogP contribution in [0.1, 0.15) is 33.1 Å². The molecule has 1 N–H and O–H groups in total. The fourth-order valence-corrected chi connectivity index (χ4v) is 2.70. The van der Waals surface area contributed by atoms with Crippen molar-refractivity contribution in [1.29, 1.82) is 0 Å². The van der Waals surface area contributed by atoms with Crippen LogP contribution in [0.2, 0.25) is 0 Å². The SMILES string of the molecule is CC1OCCC1C(=O)N1CCCC(C)(O)C1. The molecule has 2 heterocycles. The molecule has 3 atom stereocenters. The zero-order valence-electron chi connectivity index (χ0n) is 10.1. The Hall–Kier alpha value is -0.610. The largest absolute Gasteiger partial charge is 0.388 e. The van der Waals surface area contributed by atoms with E-state index in [2.05, 4.69) is 0 Å². The molecule has 0 aromatic carbocycles. The summed E-state index contributed by atoms with van der Waals surface area (Å²) in [5, 5.41) is 9.98. The van der Waals surface area contributed by atoms with Gasteiger partial charge in [-0.3, -0.25) is 4.79 Å². The Morgan fingerprint density at radius 1 is 1.56 bits per heavy atom. The van der Waals surface area contributed by atoms with Crippen LogP contribution in [-0.4, -0.2) is 47.3 Å². The van der Waals surface area contributed by atoms with E-state index < -0.39 is 5.60 Å². The van der Waals surface area contributed by atoms with Crippen molar-refractivity contribution in [3.63, 3.8) is 0 Å². The topological polar surface area (TPSA) is 49.8 Å². The van der Waals surface area contributed by atoms with Crippen molar-refractivity contribution in [3.05, 3.63) is 0 Å². The average molecular weight is 227 g/mol. The molecule has 3 unspecified atom stereocenters. The number of aliphatic hydroxyl groups is 1. The zero-order valence-corrected chi connectivity index (χ0v) is 10.1. The Bertz CT molecular complexity index is 277. The second-order valence-electron chi connectivity index (χ2n) is 5.33. The molecule has 2 aliphatic heterocycles. The number of piperidine rings is 1. The minimum Gasteiger partial charge on any atom is -0.388 e. The molecule has 0 saturated carbocycles. The second-order valence-corrected chi connectivity index (χ2v) is 5.33. The Morgan fingerprint density at radius 3 is 2.88 bits per heavy atom. The van der Waals surface area contributed by atoms with Crippen molar-refractivity contribution in [2.24, 2.45) is 5.92 Å². The summed E-state index contributed by atoms with van der Waals surface area (Å²) < 4.78 is 5.42. The first-order valence-electron chi connectivity index (χ1n) is 6.12. The summed E-state index contributed by atoms with van der Waals surface area (Å²) in [6.07, 6.45) is 2.52. The fourth-order valence-electron chi connectivity index (χ4n) is 2.70. The van der Waals surface area contributed by atoms with Crippen LogP contribution in [0, 0.1) is 5.92 Å². The van der Waals surface area contributed by atoms with Gasteiger partial charge >= 0.3 is 0 Å². The minimum absolute atomic E-state index is 0.00565. The van der Waals surface area contributed by atoms with Crippen LogP contribution >= 0.6 is 0 Å². The van der Waals surface area contributed by atoms with E-state index in [1.165, 1.54) is 0 Å². The van der Waals surface area contributed by atoms with E-state index in [4.69, 9.17) is 4.74 Å². The third-order valence-electron chi connectivity index (χ3n) is 3.68. The molecule has 2 saturated heterocycles.